The van der Waals surface area contributed by atoms with Gasteiger partial charge >= 0.3 is 0 Å². The van der Waals surface area contributed by atoms with Crippen LogP contribution in [0.15, 0.2) is 52.9 Å². The Morgan fingerprint density at radius 3 is 2.77 bits per heavy atom. The number of nitrogens with one attached hydrogen (secondary N) is 1. The number of halogens is 2. The van der Waals surface area contributed by atoms with Crippen molar-refractivity contribution in [2.45, 2.75) is 18.9 Å². The van der Waals surface area contributed by atoms with Crippen molar-refractivity contribution in [1.29, 1.82) is 0 Å². The quantitative estimate of drug-likeness (QED) is 0.755. The molecule has 1 fully saturated rings. The van der Waals surface area contributed by atoms with Gasteiger partial charge in [-0.05, 0) is 37.1 Å². The fraction of sp³-hybridized carbons (Fsp3) is 0.250. The summed E-state index contributed by atoms with van der Waals surface area (Å²) in [6, 6.07) is 12.9. The number of hydrogen-bond acceptors (Lipinski definition) is 3. The maximum Gasteiger partial charge on any atom is 0.289 e. The van der Waals surface area contributed by atoms with E-state index in [1.807, 2.05) is 24.3 Å². The second-order valence-corrected chi connectivity index (χ2v) is 6.51. The molecule has 1 aromatic heterocycles. The highest BCUT2D eigenvalue weighted by Gasteiger charge is 2.26. The number of piperidine rings is 1. The van der Waals surface area contributed by atoms with Gasteiger partial charge in [0.05, 0.1) is 0 Å². The van der Waals surface area contributed by atoms with Gasteiger partial charge in [-0.1, -0.05) is 18.2 Å². The number of likely N-dealkylation sites (tertiary alicyclic amines) is 1. The van der Waals surface area contributed by atoms with Crippen molar-refractivity contribution in [2.75, 3.05) is 18.4 Å². The molecule has 3 aromatic rings. The SMILES string of the molecule is O=C(c1cc2ccccc2o1)N1CCC[C@H](Nc2ccc(F)c(F)c2)C1. The summed E-state index contributed by atoms with van der Waals surface area (Å²) in [5, 5.41) is 4.07. The first-order valence-corrected chi connectivity index (χ1v) is 8.59. The topological polar surface area (TPSA) is 45.5 Å². The smallest absolute Gasteiger partial charge is 0.289 e. The highest BCUT2D eigenvalue weighted by atomic mass is 19.2. The van der Waals surface area contributed by atoms with E-state index in [1.54, 1.807) is 11.0 Å². The average molecular weight is 356 g/mol. The van der Waals surface area contributed by atoms with Crippen LogP contribution in [-0.2, 0) is 0 Å². The highest BCUT2D eigenvalue weighted by Crippen LogP contribution is 2.23. The highest BCUT2D eigenvalue weighted by molar-refractivity contribution is 5.96. The van der Waals surface area contributed by atoms with Crippen molar-refractivity contribution in [3.05, 3.63) is 65.9 Å². The van der Waals surface area contributed by atoms with Gasteiger partial charge in [-0.15, -0.1) is 0 Å². The zero-order chi connectivity index (χ0) is 18.1. The number of fused-ring (bicyclic) bond motifs is 1. The van der Waals surface area contributed by atoms with Crippen LogP contribution in [0.1, 0.15) is 23.4 Å². The Kier molecular flexibility index (Phi) is 4.32. The zero-order valence-corrected chi connectivity index (χ0v) is 14.0. The minimum Gasteiger partial charge on any atom is -0.451 e. The number of benzene rings is 2. The molecule has 1 aliphatic rings. The van der Waals surface area contributed by atoms with E-state index in [0.717, 1.165) is 30.4 Å². The van der Waals surface area contributed by atoms with Gasteiger partial charge in [0.1, 0.15) is 5.58 Å². The maximum absolute atomic E-state index is 13.4. The Labute approximate surface area is 149 Å². The van der Waals surface area contributed by atoms with E-state index >= 15 is 0 Å². The average Bonchev–Trinajstić information content (AvgIpc) is 3.08. The number of para-hydroxylation sites is 1. The number of anilines is 1. The molecular weight excluding hydrogens is 338 g/mol. The fourth-order valence-corrected chi connectivity index (χ4v) is 3.34. The van der Waals surface area contributed by atoms with Crippen LogP contribution in [0.5, 0.6) is 0 Å². The molecule has 1 amide bonds. The number of carbonyl (C=O) groups excluding carboxylic acids is 1. The van der Waals surface area contributed by atoms with E-state index in [-0.39, 0.29) is 11.9 Å². The molecule has 2 aromatic carbocycles. The van der Waals surface area contributed by atoms with Crippen LogP contribution >= 0.6 is 0 Å². The molecule has 0 bridgehead atoms. The molecule has 1 aliphatic heterocycles. The lowest BCUT2D eigenvalue weighted by Gasteiger charge is -2.33. The van der Waals surface area contributed by atoms with Gasteiger partial charge in [0.15, 0.2) is 17.4 Å². The third-order valence-corrected chi connectivity index (χ3v) is 4.64. The van der Waals surface area contributed by atoms with Gasteiger partial charge < -0.3 is 14.6 Å². The van der Waals surface area contributed by atoms with Crippen molar-refractivity contribution >= 4 is 22.6 Å². The van der Waals surface area contributed by atoms with E-state index in [4.69, 9.17) is 4.42 Å². The third kappa shape index (κ3) is 3.27. The van der Waals surface area contributed by atoms with Crippen LogP contribution in [0.4, 0.5) is 14.5 Å². The zero-order valence-electron chi connectivity index (χ0n) is 14.0. The number of furan rings is 1. The molecule has 1 atom stereocenters. The molecular formula is C20H18F2N2O2. The first kappa shape index (κ1) is 16.6. The number of hydrogen-bond donors (Lipinski definition) is 1. The van der Waals surface area contributed by atoms with Gasteiger partial charge in [-0.2, -0.15) is 0 Å². The molecule has 4 nitrogen and oxygen atoms in total. The Balaban J connectivity index is 1.47. The number of carbonyl (C=O) groups is 1. The summed E-state index contributed by atoms with van der Waals surface area (Å²) in [7, 11) is 0. The molecule has 1 N–H and O–H groups in total. The van der Waals surface area contributed by atoms with Gasteiger partial charge in [0.25, 0.3) is 5.91 Å². The molecule has 1 saturated heterocycles. The third-order valence-electron chi connectivity index (χ3n) is 4.64. The van der Waals surface area contributed by atoms with Crippen LogP contribution in [0, 0.1) is 11.6 Å². The molecule has 26 heavy (non-hydrogen) atoms. The van der Waals surface area contributed by atoms with Crippen LogP contribution in [0.2, 0.25) is 0 Å². The Hall–Kier alpha value is -2.89. The van der Waals surface area contributed by atoms with E-state index in [0.29, 0.717) is 30.1 Å². The Morgan fingerprint density at radius 1 is 1.12 bits per heavy atom. The summed E-state index contributed by atoms with van der Waals surface area (Å²) in [5.74, 6) is -1.60. The largest absolute Gasteiger partial charge is 0.451 e. The van der Waals surface area contributed by atoms with Gasteiger partial charge in [0, 0.05) is 36.3 Å². The van der Waals surface area contributed by atoms with E-state index in [2.05, 4.69) is 5.32 Å². The van der Waals surface area contributed by atoms with Crippen molar-refractivity contribution in [2.24, 2.45) is 0 Å². The minimum atomic E-state index is -0.888. The minimum absolute atomic E-state index is 0.0260. The standard InChI is InChI=1S/C20H18F2N2O2/c21-16-8-7-14(11-17(16)22)23-15-5-3-9-24(12-15)20(25)19-10-13-4-1-2-6-18(13)26-19/h1-2,4,6-8,10-11,15,23H,3,5,9,12H2/t15-/m0/s1. The van der Waals surface area contributed by atoms with Gasteiger partial charge in [-0.3, -0.25) is 4.79 Å². The lowest BCUT2D eigenvalue weighted by atomic mass is 10.0. The summed E-state index contributed by atoms with van der Waals surface area (Å²) >= 11 is 0. The normalized spacial score (nSPS) is 17.5. The van der Waals surface area contributed by atoms with Crippen LogP contribution in [-0.4, -0.2) is 29.9 Å². The fourth-order valence-electron chi connectivity index (χ4n) is 3.34. The lowest BCUT2D eigenvalue weighted by Crippen LogP contribution is -2.45. The van der Waals surface area contributed by atoms with Gasteiger partial charge in [-0.25, -0.2) is 8.78 Å². The summed E-state index contributed by atoms with van der Waals surface area (Å²) in [6.45, 7) is 1.13. The van der Waals surface area contributed by atoms with Crippen molar-refractivity contribution in [3.63, 3.8) is 0 Å². The van der Waals surface area contributed by atoms with Crippen LogP contribution in [0.25, 0.3) is 11.0 Å². The first-order chi connectivity index (χ1) is 12.6. The number of rotatable bonds is 3. The van der Waals surface area contributed by atoms with Gasteiger partial charge in [0.2, 0.25) is 0 Å². The second kappa shape index (κ2) is 6.78. The maximum atomic E-state index is 13.4. The predicted octanol–water partition coefficient (Wildman–Crippen LogP) is 4.43. The van der Waals surface area contributed by atoms with Crippen molar-refractivity contribution in [1.82, 2.24) is 4.90 Å². The molecule has 0 radical (unpaired) electrons. The molecule has 2 heterocycles. The Bertz CT molecular complexity index is 921. The molecule has 0 spiro atoms. The summed E-state index contributed by atoms with van der Waals surface area (Å²) < 4.78 is 32.1. The van der Waals surface area contributed by atoms with E-state index in [1.165, 1.54) is 6.07 Å². The monoisotopic (exact) mass is 356 g/mol. The second-order valence-electron chi connectivity index (χ2n) is 6.51. The lowest BCUT2D eigenvalue weighted by molar-refractivity contribution is 0.0685. The van der Waals surface area contributed by atoms with E-state index in [9.17, 15) is 13.6 Å². The first-order valence-electron chi connectivity index (χ1n) is 8.59. The van der Waals surface area contributed by atoms with Crippen LogP contribution < -0.4 is 5.32 Å². The summed E-state index contributed by atoms with van der Waals surface area (Å²) in [6.07, 6.45) is 1.68. The number of amides is 1. The van der Waals surface area contributed by atoms with E-state index < -0.39 is 11.6 Å². The van der Waals surface area contributed by atoms with Crippen molar-refractivity contribution < 1.29 is 18.0 Å². The Morgan fingerprint density at radius 2 is 1.96 bits per heavy atom. The molecule has 6 heteroatoms. The summed E-state index contributed by atoms with van der Waals surface area (Å²) in [4.78, 5) is 14.5. The van der Waals surface area contributed by atoms with Crippen molar-refractivity contribution in [3.8, 4) is 0 Å². The number of nitrogens with zero attached hydrogens (tertiary/aromatic N) is 1. The molecule has 0 saturated carbocycles. The molecule has 4 rings (SSSR count). The predicted molar refractivity (Wildman–Crippen MR) is 95.1 cm³/mol. The van der Waals surface area contributed by atoms with Crippen LogP contribution in [0.3, 0.4) is 0 Å². The molecule has 134 valence electrons. The molecule has 0 aliphatic carbocycles. The summed E-state index contributed by atoms with van der Waals surface area (Å²) in [5.41, 5.74) is 1.19. The molecule has 0 unspecified atom stereocenters.